The zero-order valence-corrected chi connectivity index (χ0v) is 39.6. The maximum Gasteiger partial charge on any atom is 0.238 e. The number of hydrogen-bond acceptors (Lipinski definition) is 4. The first-order chi connectivity index (χ1) is 33.2. The molecule has 0 N–H and O–H groups in total. The van der Waals surface area contributed by atoms with Gasteiger partial charge in [0.1, 0.15) is 0 Å². The highest BCUT2D eigenvalue weighted by molar-refractivity contribution is 5.88. The molecule has 0 spiro atoms. The third-order valence-electron chi connectivity index (χ3n) is 13.1. The van der Waals surface area contributed by atoms with Crippen molar-refractivity contribution in [2.75, 3.05) is 4.90 Å². The summed E-state index contributed by atoms with van der Waals surface area (Å²) in [5.41, 5.74) is 21.9. The SMILES string of the molecule is Cc1cc(C)c(C(c2ccc(N(c3nc(-c4cccc(-c5ccccc5)c4)nc(-c4ccccc4-c4ccccc4)n3)c3ccccc3-c3ccccc3)cc2)c2c(C)cc(C)cc2C)c(C)c1. The Morgan fingerprint density at radius 2 is 0.779 bits per heavy atom. The standard InChI is InChI=1S/C64H54N4/c1-42-37-44(3)59(45(4)38-42)61(60-46(5)39-43(2)40-47(60)6)51-33-35-54(36-34-51)68(58-32-19-18-30-56(58)50-25-14-9-15-26-50)64-66-62(53-28-20-27-52(41-53)48-21-10-7-11-22-48)65-63(67-64)57-31-17-16-29-55(57)49-23-12-8-13-24-49/h7-41,61H,1-6H3. The average Bonchev–Trinajstić information content (AvgIpc) is 3.36. The van der Waals surface area contributed by atoms with E-state index in [-0.39, 0.29) is 5.92 Å². The van der Waals surface area contributed by atoms with E-state index in [1.807, 2.05) is 12.1 Å². The molecule has 0 aliphatic carbocycles. The van der Waals surface area contributed by atoms with Crippen molar-refractivity contribution in [2.24, 2.45) is 0 Å². The van der Waals surface area contributed by atoms with Crippen LogP contribution in [0.2, 0.25) is 0 Å². The molecule has 330 valence electrons. The second kappa shape index (κ2) is 18.9. The normalized spacial score (nSPS) is 11.2. The summed E-state index contributed by atoms with van der Waals surface area (Å²) in [5.74, 6) is 1.71. The van der Waals surface area contributed by atoms with Crippen LogP contribution in [0.1, 0.15) is 56.0 Å². The van der Waals surface area contributed by atoms with Gasteiger partial charge in [-0.25, -0.2) is 4.98 Å². The molecule has 0 aliphatic heterocycles. The first kappa shape index (κ1) is 43.7. The molecule has 0 amide bonds. The average molecular weight is 879 g/mol. The lowest BCUT2D eigenvalue weighted by atomic mass is 9.77. The van der Waals surface area contributed by atoms with Crippen molar-refractivity contribution >= 4 is 17.3 Å². The molecule has 0 saturated heterocycles. The summed E-state index contributed by atoms with van der Waals surface area (Å²) in [6.45, 7) is 13.4. The minimum absolute atomic E-state index is 0.0251. The number of hydrogen-bond donors (Lipinski definition) is 0. The van der Waals surface area contributed by atoms with Crippen molar-refractivity contribution < 1.29 is 0 Å². The van der Waals surface area contributed by atoms with E-state index in [0.717, 1.165) is 55.9 Å². The molecule has 4 nitrogen and oxygen atoms in total. The molecular weight excluding hydrogens is 825 g/mol. The molecule has 0 unspecified atom stereocenters. The van der Waals surface area contributed by atoms with Crippen molar-refractivity contribution in [1.29, 1.82) is 0 Å². The number of para-hydroxylation sites is 1. The van der Waals surface area contributed by atoms with E-state index in [1.165, 1.54) is 50.1 Å². The van der Waals surface area contributed by atoms with Crippen molar-refractivity contribution in [3.8, 4) is 56.2 Å². The molecule has 1 aromatic heterocycles. The van der Waals surface area contributed by atoms with E-state index in [4.69, 9.17) is 15.0 Å². The van der Waals surface area contributed by atoms with Crippen LogP contribution in [-0.4, -0.2) is 15.0 Å². The van der Waals surface area contributed by atoms with E-state index in [0.29, 0.717) is 17.6 Å². The molecule has 10 rings (SSSR count). The molecule has 1 heterocycles. The van der Waals surface area contributed by atoms with Crippen LogP contribution in [0, 0.1) is 41.5 Å². The van der Waals surface area contributed by atoms with Crippen LogP contribution in [-0.2, 0) is 0 Å². The molecular formula is C64H54N4. The molecule has 4 heteroatoms. The summed E-state index contributed by atoms with van der Waals surface area (Å²) >= 11 is 0. The minimum atomic E-state index is 0.0251. The second-order valence-corrected chi connectivity index (χ2v) is 18.0. The van der Waals surface area contributed by atoms with E-state index in [9.17, 15) is 0 Å². The first-order valence-corrected chi connectivity index (χ1v) is 23.5. The fourth-order valence-electron chi connectivity index (χ4n) is 10.2. The van der Waals surface area contributed by atoms with Gasteiger partial charge in [-0.05, 0) is 133 Å². The van der Waals surface area contributed by atoms with E-state index < -0.39 is 0 Å². The molecule has 0 atom stereocenters. The van der Waals surface area contributed by atoms with E-state index in [2.05, 4.69) is 247 Å². The fraction of sp³-hybridized carbons (Fsp3) is 0.109. The van der Waals surface area contributed by atoms with Gasteiger partial charge < -0.3 is 0 Å². The molecule has 10 aromatic rings. The van der Waals surface area contributed by atoms with Gasteiger partial charge in [0, 0.05) is 28.3 Å². The Morgan fingerprint density at radius 3 is 1.35 bits per heavy atom. The maximum atomic E-state index is 5.50. The van der Waals surface area contributed by atoms with Crippen LogP contribution in [0.15, 0.2) is 212 Å². The summed E-state index contributed by atoms with van der Waals surface area (Å²) in [5, 5.41) is 0. The number of aryl methyl sites for hydroxylation is 6. The summed E-state index contributed by atoms with van der Waals surface area (Å²) in [7, 11) is 0. The number of benzene rings is 9. The summed E-state index contributed by atoms with van der Waals surface area (Å²) < 4.78 is 0. The lowest BCUT2D eigenvalue weighted by Crippen LogP contribution is -2.17. The molecule has 0 fully saturated rings. The third-order valence-corrected chi connectivity index (χ3v) is 13.1. The Morgan fingerprint density at radius 1 is 0.338 bits per heavy atom. The molecule has 0 bridgehead atoms. The predicted molar refractivity (Wildman–Crippen MR) is 284 cm³/mol. The van der Waals surface area contributed by atoms with Gasteiger partial charge in [-0.15, -0.1) is 0 Å². The molecule has 0 aliphatic rings. The van der Waals surface area contributed by atoms with Crippen LogP contribution in [0.4, 0.5) is 17.3 Å². The first-order valence-electron chi connectivity index (χ1n) is 23.5. The van der Waals surface area contributed by atoms with Crippen LogP contribution >= 0.6 is 0 Å². The third kappa shape index (κ3) is 8.77. The van der Waals surface area contributed by atoms with Crippen molar-refractivity contribution in [1.82, 2.24) is 15.0 Å². The number of aromatic nitrogens is 3. The predicted octanol–water partition coefficient (Wildman–Crippen LogP) is 16.7. The van der Waals surface area contributed by atoms with E-state index in [1.54, 1.807) is 0 Å². The van der Waals surface area contributed by atoms with Gasteiger partial charge in [-0.2, -0.15) is 9.97 Å². The number of rotatable bonds is 11. The summed E-state index contributed by atoms with van der Waals surface area (Å²) in [4.78, 5) is 18.5. The largest absolute Gasteiger partial charge is 0.278 e. The second-order valence-electron chi connectivity index (χ2n) is 18.0. The van der Waals surface area contributed by atoms with Gasteiger partial charge in [0.25, 0.3) is 0 Å². The monoisotopic (exact) mass is 878 g/mol. The fourth-order valence-corrected chi connectivity index (χ4v) is 10.2. The van der Waals surface area contributed by atoms with Gasteiger partial charge in [-0.1, -0.05) is 199 Å². The maximum absolute atomic E-state index is 5.50. The Labute approximate surface area is 401 Å². The van der Waals surface area contributed by atoms with Gasteiger partial charge in [0.05, 0.1) is 5.69 Å². The number of anilines is 3. The summed E-state index contributed by atoms with van der Waals surface area (Å²) in [6, 6.07) is 75.4. The minimum Gasteiger partial charge on any atom is -0.278 e. The van der Waals surface area contributed by atoms with Gasteiger partial charge in [0.2, 0.25) is 5.95 Å². The number of nitrogens with zero attached hydrogens (tertiary/aromatic N) is 4. The van der Waals surface area contributed by atoms with Crippen LogP contribution in [0.5, 0.6) is 0 Å². The molecule has 68 heavy (non-hydrogen) atoms. The van der Waals surface area contributed by atoms with Crippen molar-refractivity contribution in [3.63, 3.8) is 0 Å². The Bertz CT molecular complexity index is 3290. The lowest BCUT2D eigenvalue weighted by molar-refractivity contribution is 0.919. The Kier molecular flexibility index (Phi) is 12.2. The topological polar surface area (TPSA) is 41.9 Å². The van der Waals surface area contributed by atoms with Crippen LogP contribution in [0.3, 0.4) is 0 Å². The highest BCUT2D eigenvalue weighted by Gasteiger charge is 2.27. The lowest BCUT2D eigenvalue weighted by Gasteiger charge is -2.29. The molecule has 0 saturated carbocycles. The Hall–Kier alpha value is -8.21. The highest BCUT2D eigenvalue weighted by atomic mass is 15.3. The van der Waals surface area contributed by atoms with Crippen molar-refractivity contribution in [3.05, 3.63) is 262 Å². The zero-order valence-electron chi connectivity index (χ0n) is 39.6. The quantitative estimate of drug-likeness (QED) is 0.121. The Balaban J connectivity index is 1.22. The zero-order chi connectivity index (χ0) is 46.7. The van der Waals surface area contributed by atoms with Gasteiger partial charge in [-0.3, -0.25) is 4.90 Å². The van der Waals surface area contributed by atoms with Crippen molar-refractivity contribution in [2.45, 2.75) is 47.5 Å². The van der Waals surface area contributed by atoms with Gasteiger partial charge >= 0.3 is 0 Å². The van der Waals surface area contributed by atoms with E-state index >= 15 is 0 Å². The molecule has 0 radical (unpaired) electrons. The smallest absolute Gasteiger partial charge is 0.238 e. The van der Waals surface area contributed by atoms with Crippen LogP contribution < -0.4 is 4.90 Å². The highest BCUT2D eigenvalue weighted by Crippen LogP contribution is 2.44. The summed E-state index contributed by atoms with van der Waals surface area (Å²) in [6.07, 6.45) is 0. The van der Waals surface area contributed by atoms with Crippen LogP contribution in [0.25, 0.3) is 56.2 Å². The van der Waals surface area contributed by atoms with Gasteiger partial charge in [0.15, 0.2) is 11.6 Å². The molecule has 9 aromatic carbocycles.